The third-order valence-electron chi connectivity index (χ3n) is 2.21. The fraction of sp³-hybridized carbons (Fsp3) is 0.143. The molecule has 2 aromatic rings. The second kappa shape index (κ2) is 5.30. The summed E-state index contributed by atoms with van der Waals surface area (Å²) in [6.07, 6.45) is 0. The molecule has 2 rings (SSSR count). The first-order chi connectivity index (χ1) is 8.56. The number of ketones is 2. The fourth-order valence-corrected chi connectivity index (χ4v) is 2.82. The van der Waals surface area contributed by atoms with Gasteiger partial charge in [-0.25, -0.2) is 0 Å². The first kappa shape index (κ1) is 12.7. The smallest absolute Gasteiger partial charge is 0.169 e. The van der Waals surface area contributed by atoms with Crippen LogP contribution < -0.4 is 0 Å². The molecule has 0 aliphatic heterocycles. The fourth-order valence-electron chi connectivity index (χ4n) is 1.31. The number of Topliss-reactive ketones (excluding diaryl/α,β-unsaturated/α-hetero) is 2. The molecule has 2 nitrogen and oxygen atoms in total. The molecule has 18 heavy (non-hydrogen) atoms. The molecule has 0 saturated carbocycles. The van der Waals surface area contributed by atoms with Crippen LogP contribution in [-0.4, -0.2) is 11.6 Å². The van der Waals surface area contributed by atoms with Gasteiger partial charge in [0.25, 0.3) is 0 Å². The van der Waals surface area contributed by atoms with E-state index in [-0.39, 0.29) is 11.6 Å². The Morgan fingerprint density at radius 1 is 0.833 bits per heavy atom. The molecule has 0 unspecified atom stereocenters. The van der Waals surface area contributed by atoms with Gasteiger partial charge in [-0.1, -0.05) is 0 Å². The number of carbonyl (C=O) groups excluding carboxylic acids is 2. The minimum Gasteiger partial charge on any atom is -0.294 e. The van der Waals surface area contributed by atoms with Crippen LogP contribution in [-0.2, 0) is 0 Å². The first-order valence-corrected chi connectivity index (χ1v) is 6.93. The summed E-state index contributed by atoms with van der Waals surface area (Å²) in [5.41, 5.74) is 0. The van der Waals surface area contributed by atoms with Crippen LogP contribution in [0.2, 0.25) is 0 Å². The molecule has 0 atom stereocenters. The SMILES string of the molecule is CC(=O)c1ccc(C#Cc2ccc(C(C)=O)s2)s1. The molecule has 0 amide bonds. The molecule has 0 fully saturated rings. The largest absolute Gasteiger partial charge is 0.294 e. The van der Waals surface area contributed by atoms with E-state index in [4.69, 9.17) is 0 Å². The van der Waals surface area contributed by atoms with E-state index < -0.39 is 0 Å². The zero-order valence-electron chi connectivity index (χ0n) is 9.94. The molecule has 0 aliphatic carbocycles. The quantitative estimate of drug-likeness (QED) is 0.619. The lowest BCUT2D eigenvalue weighted by Crippen LogP contribution is -1.83. The van der Waals surface area contributed by atoms with Gasteiger partial charge in [0, 0.05) is 0 Å². The molecule has 0 spiro atoms. The normalized spacial score (nSPS) is 9.67. The van der Waals surface area contributed by atoms with Gasteiger partial charge < -0.3 is 0 Å². The average molecular weight is 274 g/mol. The third-order valence-corrected chi connectivity index (χ3v) is 4.42. The van der Waals surface area contributed by atoms with Crippen LogP contribution in [0.5, 0.6) is 0 Å². The monoisotopic (exact) mass is 274 g/mol. The number of thiophene rings is 2. The van der Waals surface area contributed by atoms with Gasteiger partial charge in [-0.15, -0.1) is 22.7 Å². The zero-order chi connectivity index (χ0) is 13.1. The van der Waals surface area contributed by atoms with Crippen molar-refractivity contribution >= 4 is 34.2 Å². The molecule has 0 saturated heterocycles. The van der Waals surface area contributed by atoms with Gasteiger partial charge >= 0.3 is 0 Å². The molecule has 0 aromatic carbocycles. The molecule has 2 aromatic heterocycles. The summed E-state index contributed by atoms with van der Waals surface area (Å²) in [6, 6.07) is 7.25. The van der Waals surface area contributed by atoms with Crippen molar-refractivity contribution < 1.29 is 9.59 Å². The van der Waals surface area contributed by atoms with Gasteiger partial charge in [-0.05, 0) is 50.0 Å². The summed E-state index contributed by atoms with van der Waals surface area (Å²) in [7, 11) is 0. The zero-order valence-corrected chi connectivity index (χ0v) is 11.6. The van der Waals surface area contributed by atoms with E-state index >= 15 is 0 Å². The molecule has 2 heterocycles. The van der Waals surface area contributed by atoms with E-state index in [1.54, 1.807) is 26.0 Å². The van der Waals surface area contributed by atoms with Gasteiger partial charge in [0.15, 0.2) is 11.6 Å². The standard InChI is InChI=1S/C14H10O2S2/c1-9(15)13-7-5-11(17-13)3-4-12-6-8-14(18-12)10(2)16/h5-8H,1-2H3. The van der Waals surface area contributed by atoms with Crippen molar-refractivity contribution in [2.24, 2.45) is 0 Å². The lowest BCUT2D eigenvalue weighted by atomic mass is 10.3. The predicted octanol–water partition coefficient (Wildman–Crippen LogP) is 3.61. The third kappa shape index (κ3) is 2.95. The van der Waals surface area contributed by atoms with Crippen LogP contribution in [0.15, 0.2) is 24.3 Å². The second-order valence-corrected chi connectivity index (χ2v) is 5.86. The van der Waals surface area contributed by atoms with Crippen molar-refractivity contribution in [2.45, 2.75) is 13.8 Å². The molecule has 0 bridgehead atoms. The number of rotatable bonds is 2. The van der Waals surface area contributed by atoms with Gasteiger partial charge in [0.2, 0.25) is 0 Å². The van der Waals surface area contributed by atoms with Crippen LogP contribution in [0.3, 0.4) is 0 Å². The van der Waals surface area contributed by atoms with Crippen LogP contribution in [0.4, 0.5) is 0 Å². The summed E-state index contributed by atoms with van der Waals surface area (Å²) < 4.78 is 0. The topological polar surface area (TPSA) is 34.1 Å². The highest BCUT2D eigenvalue weighted by molar-refractivity contribution is 7.15. The first-order valence-electron chi connectivity index (χ1n) is 5.30. The van der Waals surface area contributed by atoms with Crippen molar-refractivity contribution in [1.29, 1.82) is 0 Å². The minimum absolute atomic E-state index is 0.0584. The van der Waals surface area contributed by atoms with Gasteiger partial charge in [0.05, 0.1) is 19.5 Å². The van der Waals surface area contributed by atoms with E-state index in [1.165, 1.54) is 22.7 Å². The Balaban J connectivity index is 2.19. The van der Waals surface area contributed by atoms with Gasteiger partial charge in [-0.2, -0.15) is 0 Å². The van der Waals surface area contributed by atoms with E-state index in [1.807, 2.05) is 12.1 Å². The Hall–Kier alpha value is -1.70. The van der Waals surface area contributed by atoms with Crippen LogP contribution in [0, 0.1) is 11.8 Å². The highest BCUT2D eigenvalue weighted by Gasteiger charge is 2.03. The molecule has 0 radical (unpaired) electrons. The maximum absolute atomic E-state index is 11.1. The summed E-state index contributed by atoms with van der Waals surface area (Å²) >= 11 is 2.78. The summed E-state index contributed by atoms with van der Waals surface area (Å²) in [4.78, 5) is 25.4. The summed E-state index contributed by atoms with van der Waals surface area (Å²) in [5.74, 6) is 6.12. The van der Waals surface area contributed by atoms with Crippen molar-refractivity contribution in [3.8, 4) is 11.8 Å². The van der Waals surface area contributed by atoms with Crippen molar-refractivity contribution in [3.63, 3.8) is 0 Å². The molecule has 0 aliphatic rings. The number of hydrogen-bond donors (Lipinski definition) is 0. The molecule has 4 heteroatoms. The van der Waals surface area contributed by atoms with Crippen molar-refractivity contribution in [2.75, 3.05) is 0 Å². The lowest BCUT2D eigenvalue weighted by molar-refractivity contribution is 0.101. The Bertz CT molecular complexity index is 609. The van der Waals surface area contributed by atoms with E-state index in [9.17, 15) is 9.59 Å². The Morgan fingerprint density at radius 2 is 1.22 bits per heavy atom. The van der Waals surface area contributed by atoms with Gasteiger partial charge in [-0.3, -0.25) is 9.59 Å². The highest BCUT2D eigenvalue weighted by atomic mass is 32.1. The number of hydrogen-bond acceptors (Lipinski definition) is 4. The second-order valence-electron chi connectivity index (χ2n) is 3.69. The average Bonchev–Trinajstić information content (AvgIpc) is 2.95. The molecular formula is C14H10O2S2. The Morgan fingerprint density at radius 3 is 1.50 bits per heavy atom. The Kier molecular flexibility index (Phi) is 3.75. The summed E-state index contributed by atoms with van der Waals surface area (Å²) in [6.45, 7) is 3.09. The van der Waals surface area contributed by atoms with Crippen molar-refractivity contribution in [3.05, 3.63) is 43.8 Å². The van der Waals surface area contributed by atoms with Crippen LogP contribution in [0.1, 0.15) is 42.9 Å². The van der Waals surface area contributed by atoms with Crippen molar-refractivity contribution in [1.82, 2.24) is 0 Å². The van der Waals surface area contributed by atoms with E-state index in [0.29, 0.717) is 0 Å². The summed E-state index contributed by atoms with van der Waals surface area (Å²) in [5, 5.41) is 0. The van der Waals surface area contributed by atoms with Gasteiger partial charge in [0.1, 0.15) is 0 Å². The highest BCUT2D eigenvalue weighted by Crippen LogP contribution is 2.18. The van der Waals surface area contributed by atoms with Crippen LogP contribution in [0.25, 0.3) is 0 Å². The van der Waals surface area contributed by atoms with E-state index in [2.05, 4.69) is 11.8 Å². The molecular weight excluding hydrogens is 264 g/mol. The predicted molar refractivity (Wildman–Crippen MR) is 74.6 cm³/mol. The molecule has 0 N–H and O–H groups in total. The van der Waals surface area contributed by atoms with E-state index in [0.717, 1.165) is 19.5 Å². The van der Waals surface area contributed by atoms with Crippen LogP contribution >= 0.6 is 22.7 Å². The Labute approximate surface area is 113 Å². The molecule has 90 valence electrons. The maximum atomic E-state index is 11.1. The minimum atomic E-state index is 0.0584. The maximum Gasteiger partial charge on any atom is 0.169 e. The number of carbonyl (C=O) groups is 2. The lowest BCUT2D eigenvalue weighted by Gasteiger charge is -1.83.